The second-order valence-electron chi connectivity index (χ2n) is 6.18. The molecule has 1 aliphatic carbocycles. The Morgan fingerprint density at radius 1 is 1.45 bits per heavy atom. The van der Waals surface area contributed by atoms with Gasteiger partial charge in [-0.15, -0.1) is 0 Å². The molecule has 1 aromatic heterocycles. The molecule has 1 heterocycles. The number of nitrogens with one attached hydrogen (secondary N) is 1. The average Bonchev–Trinajstić information content (AvgIpc) is 3.14. The Morgan fingerprint density at radius 2 is 2.20 bits per heavy atom. The van der Waals surface area contributed by atoms with Crippen molar-refractivity contribution in [2.45, 2.75) is 64.6 Å². The zero-order valence-electron chi connectivity index (χ0n) is 13.3. The standard InChI is InChI=1S/C16H29N3O/c1-5-9-17-15(16(20-4)13-6-7-13)11-14-8-10-19(18-14)12(2)3/h8,10,12-13,15-17H,5-7,9,11H2,1-4H3. The first kappa shape index (κ1) is 15.5. The van der Waals surface area contributed by atoms with E-state index in [-0.39, 0.29) is 0 Å². The molecule has 1 saturated carbocycles. The van der Waals surface area contributed by atoms with Crippen molar-refractivity contribution in [3.05, 3.63) is 18.0 Å². The predicted molar refractivity (Wildman–Crippen MR) is 81.9 cm³/mol. The van der Waals surface area contributed by atoms with E-state index in [9.17, 15) is 0 Å². The highest BCUT2D eigenvalue weighted by Crippen LogP contribution is 2.36. The lowest BCUT2D eigenvalue weighted by Crippen LogP contribution is -2.44. The van der Waals surface area contributed by atoms with E-state index in [0.29, 0.717) is 18.2 Å². The van der Waals surface area contributed by atoms with Gasteiger partial charge < -0.3 is 10.1 Å². The summed E-state index contributed by atoms with van der Waals surface area (Å²) in [6.07, 6.45) is 7.13. The first-order chi connectivity index (χ1) is 9.65. The van der Waals surface area contributed by atoms with Gasteiger partial charge >= 0.3 is 0 Å². The Morgan fingerprint density at radius 3 is 2.70 bits per heavy atom. The summed E-state index contributed by atoms with van der Waals surface area (Å²) in [5, 5.41) is 8.33. The molecular formula is C16H29N3O. The van der Waals surface area contributed by atoms with Gasteiger partial charge in [0.1, 0.15) is 0 Å². The second kappa shape index (κ2) is 7.23. The van der Waals surface area contributed by atoms with Crippen LogP contribution in [0.2, 0.25) is 0 Å². The molecule has 0 saturated heterocycles. The van der Waals surface area contributed by atoms with Gasteiger partial charge in [-0.05, 0) is 51.6 Å². The van der Waals surface area contributed by atoms with Crippen LogP contribution in [0.4, 0.5) is 0 Å². The molecule has 0 spiro atoms. The third kappa shape index (κ3) is 4.06. The van der Waals surface area contributed by atoms with Gasteiger partial charge in [-0.25, -0.2) is 0 Å². The Kier molecular flexibility index (Phi) is 5.61. The normalized spacial score (nSPS) is 18.4. The quantitative estimate of drug-likeness (QED) is 0.755. The van der Waals surface area contributed by atoms with Crippen LogP contribution in [-0.4, -0.2) is 35.6 Å². The Labute approximate surface area is 122 Å². The van der Waals surface area contributed by atoms with E-state index in [1.165, 1.54) is 12.8 Å². The summed E-state index contributed by atoms with van der Waals surface area (Å²) in [7, 11) is 1.84. The number of nitrogens with zero attached hydrogens (tertiary/aromatic N) is 2. The number of aromatic nitrogens is 2. The molecule has 1 aliphatic rings. The van der Waals surface area contributed by atoms with E-state index in [1.54, 1.807) is 0 Å². The Hall–Kier alpha value is -0.870. The van der Waals surface area contributed by atoms with Crippen LogP contribution in [0, 0.1) is 5.92 Å². The molecular weight excluding hydrogens is 250 g/mol. The van der Waals surface area contributed by atoms with Gasteiger partial charge in [0.15, 0.2) is 0 Å². The SMILES string of the molecule is CCCNC(Cc1ccn(C(C)C)n1)C(OC)C1CC1. The van der Waals surface area contributed by atoms with E-state index in [0.717, 1.165) is 31.0 Å². The first-order valence-electron chi connectivity index (χ1n) is 7.95. The van der Waals surface area contributed by atoms with Gasteiger partial charge in [-0.2, -0.15) is 5.10 Å². The molecule has 1 N–H and O–H groups in total. The zero-order valence-corrected chi connectivity index (χ0v) is 13.3. The topological polar surface area (TPSA) is 39.1 Å². The molecule has 0 amide bonds. The van der Waals surface area contributed by atoms with E-state index < -0.39 is 0 Å². The second-order valence-corrected chi connectivity index (χ2v) is 6.18. The van der Waals surface area contributed by atoms with Crippen molar-refractivity contribution in [2.75, 3.05) is 13.7 Å². The smallest absolute Gasteiger partial charge is 0.0756 e. The summed E-state index contributed by atoms with van der Waals surface area (Å²) in [4.78, 5) is 0. The van der Waals surface area contributed by atoms with Crippen LogP contribution in [0.15, 0.2) is 12.3 Å². The van der Waals surface area contributed by atoms with Crippen LogP contribution >= 0.6 is 0 Å². The summed E-state index contributed by atoms with van der Waals surface area (Å²) in [5.41, 5.74) is 1.16. The van der Waals surface area contributed by atoms with Gasteiger partial charge in [-0.3, -0.25) is 4.68 Å². The third-order valence-electron chi connectivity index (χ3n) is 4.03. The molecule has 4 heteroatoms. The first-order valence-corrected chi connectivity index (χ1v) is 7.95. The molecule has 0 aliphatic heterocycles. The van der Waals surface area contributed by atoms with Crippen LogP contribution in [-0.2, 0) is 11.2 Å². The van der Waals surface area contributed by atoms with E-state index >= 15 is 0 Å². The lowest BCUT2D eigenvalue weighted by atomic mass is 10.0. The number of ether oxygens (including phenoxy) is 1. The molecule has 2 unspecified atom stereocenters. The zero-order chi connectivity index (χ0) is 14.5. The molecule has 0 bridgehead atoms. The molecule has 0 aromatic carbocycles. The third-order valence-corrected chi connectivity index (χ3v) is 4.03. The van der Waals surface area contributed by atoms with E-state index in [1.807, 2.05) is 11.8 Å². The van der Waals surface area contributed by atoms with Crippen LogP contribution in [0.5, 0.6) is 0 Å². The fourth-order valence-electron chi connectivity index (χ4n) is 2.74. The number of rotatable bonds is 9. The molecule has 20 heavy (non-hydrogen) atoms. The van der Waals surface area contributed by atoms with Crippen LogP contribution in [0.3, 0.4) is 0 Å². The highest BCUT2D eigenvalue weighted by Gasteiger charge is 2.36. The molecule has 114 valence electrons. The molecule has 1 fully saturated rings. The lowest BCUT2D eigenvalue weighted by molar-refractivity contribution is 0.0508. The maximum atomic E-state index is 5.76. The lowest BCUT2D eigenvalue weighted by Gasteiger charge is -2.26. The maximum absolute atomic E-state index is 5.76. The van der Waals surface area contributed by atoms with E-state index in [2.05, 4.69) is 43.4 Å². The van der Waals surface area contributed by atoms with Gasteiger partial charge in [-0.1, -0.05) is 6.92 Å². The predicted octanol–water partition coefficient (Wildman–Crippen LogP) is 2.80. The summed E-state index contributed by atoms with van der Waals surface area (Å²) < 4.78 is 7.80. The summed E-state index contributed by atoms with van der Waals surface area (Å²) in [5.74, 6) is 0.738. The van der Waals surface area contributed by atoms with Crippen molar-refractivity contribution in [3.8, 4) is 0 Å². The van der Waals surface area contributed by atoms with E-state index in [4.69, 9.17) is 4.74 Å². The van der Waals surface area contributed by atoms with Crippen molar-refractivity contribution in [1.82, 2.24) is 15.1 Å². The summed E-state index contributed by atoms with van der Waals surface area (Å²) in [6.45, 7) is 7.57. The monoisotopic (exact) mass is 279 g/mol. The fraction of sp³-hybridized carbons (Fsp3) is 0.812. The Bertz CT molecular complexity index is 398. The minimum absolute atomic E-state index is 0.325. The average molecular weight is 279 g/mol. The number of methoxy groups -OCH3 is 1. The molecule has 2 rings (SSSR count). The summed E-state index contributed by atoms with van der Waals surface area (Å²) in [6, 6.07) is 2.94. The van der Waals surface area contributed by atoms with Crippen molar-refractivity contribution in [2.24, 2.45) is 5.92 Å². The fourth-order valence-corrected chi connectivity index (χ4v) is 2.74. The molecule has 4 nitrogen and oxygen atoms in total. The largest absolute Gasteiger partial charge is 0.380 e. The molecule has 1 aromatic rings. The van der Waals surface area contributed by atoms with Gasteiger partial charge in [0.25, 0.3) is 0 Å². The highest BCUT2D eigenvalue weighted by atomic mass is 16.5. The molecule has 0 radical (unpaired) electrons. The molecule has 2 atom stereocenters. The van der Waals surface area contributed by atoms with Crippen molar-refractivity contribution in [3.63, 3.8) is 0 Å². The van der Waals surface area contributed by atoms with Gasteiger partial charge in [0, 0.05) is 31.8 Å². The van der Waals surface area contributed by atoms with Gasteiger partial charge in [0.2, 0.25) is 0 Å². The summed E-state index contributed by atoms with van der Waals surface area (Å²) >= 11 is 0. The number of hydrogen-bond acceptors (Lipinski definition) is 3. The Balaban J connectivity index is 2.01. The van der Waals surface area contributed by atoms with Gasteiger partial charge in [0.05, 0.1) is 11.8 Å². The van der Waals surface area contributed by atoms with Crippen LogP contribution in [0.1, 0.15) is 51.8 Å². The van der Waals surface area contributed by atoms with Crippen molar-refractivity contribution in [1.29, 1.82) is 0 Å². The number of hydrogen-bond donors (Lipinski definition) is 1. The maximum Gasteiger partial charge on any atom is 0.0756 e. The minimum Gasteiger partial charge on any atom is -0.380 e. The van der Waals surface area contributed by atoms with Crippen LogP contribution < -0.4 is 5.32 Å². The van der Waals surface area contributed by atoms with Crippen LogP contribution in [0.25, 0.3) is 0 Å². The van der Waals surface area contributed by atoms with Crippen molar-refractivity contribution >= 4 is 0 Å². The highest BCUT2D eigenvalue weighted by molar-refractivity contribution is 5.05. The minimum atomic E-state index is 0.325. The van der Waals surface area contributed by atoms with Crippen molar-refractivity contribution < 1.29 is 4.74 Å².